The van der Waals surface area contributed by atoms with Crippen molar-refractivity contribution in [2.45, 2.75) is 26.2 Å². The highest BCUT2D eigenvalue weighted by atomic mass is 16.5. The van der Waals surface area contributed by atoms with Crippen LogP contribution in [0.25, 0.3) is 11.2 Å². The molecule has 2 aromatic heterocycles. The first-order valence-corrected chi connectivity index (χ1v) is 11.0. The Morgan fingerprint density at radius 3 is 2.71 bits per heavy atom. The van der Waals surface area contributed by atoms with Gasteiger partial charge in [0.25, 0.3) is 0 Å². The van der Waals surface area contributed by atoms with Gasteiger partial charge in [0.15, 0.2) is 5.65 Å². The third-order valence-corrected chi connectivity index (χ3v) is 5.22. The number of aldehydes is 1. The van der Waals surface area contributed by atoms with E-state index in [9.17, 15) is 4.79 Å². The Morgan fingerprint density at radius 1 is 1.32 bits per heavy atom. The molecule has 1 aliphatic carbocycles. The van der Waals surface area contributed by atoms with Gasteiger partial charge in [-0.3, -0.25) is 4.90 Å². The van der Waals surface area contributed by atoms with Crippen molar-refractivity contribution in [2.75, 3.05) is 45.2 Å². The van der Waals surface area contributed by atoms with Crippen molar-refractivity contribution in [1.29, 1.82) is 0 Å². The van der Waals surface area contributed by atoms with E-state index in [4.69, 9.17) is 4.74 Å². The monoisotopic (exact) mass is 423 g/mol. The SMILES string of the molecule is C=C(/C=C\C(=C/CC)CN1CCOCC1)c1cccn2nc(NC)nc12.O=CC1CC1. The summed E-state index contributed by atoms with van der Waals surface area (Å²) in [6.07, 6.45) is 12.7. The van der Waals surface area contributed by atoms with Crippen LogP contribution in [0.5, 0.6) is 0 Å². The fraction of sp³-hybridized carbons (Fsp3) is 0.458. The van der Waals surface area contributed by atoms with Crippen molar-refractivity contribution in [3.8, 4) is 0 Å². The van der Waals surface area contributed by atoms with Gasteiger partial charge in [-0.15, -0.1) is 5.10 Å². The standard InChI is InChI=1S/C20H27N5O.C4H6O/c1-4-6-17(15-24-11-13-26-14-12-24)9-8-16(2)18-7-5-10-25-19(18)22-20(21-3)23-25;5-3-4-1-2-4/h5-10H,2,4,11-15H2,1,3H3,(H,21,23);3-4H,1-2H2/b9-8-,17-6+;. The molecule has 1 aliphatic heterocycles. The second-order valence-electron chi connectivity index (χ2n) is 7.78. The van der Waals surface area contributed by atoms with Crippen molar-refractivity contribution < 1.29 is 9.53 Å². The molecule has 2 fully saturated rings. The molecule has 31 heavy (non-hydrogen) atoms. The third kappa shape index (κ3) is 6.87. The molecule has 7 heteroatoms. The topological polar surface area (TPSA) is 71.8 Å². The summed E-state index contributed by atoms with van der Waals surface area (Å²) < 4.78 is 7.21. The molecule has 3 heterocycles. The number of aromatic nitrogens is 3. The minimum atomic E-state index is 0.454. The van der Waals surface area contributed by atoms with Crippen molar-refractivity contribution >= 4 is 23.5 Å². The first kappa shape index (κ1) is 22.9. The predicted octanol–water partition coefficient (Wildman–Crippen LogP) is 3.60. The Morgan fingerprint density at radius 2 is 2.10 bits per heavy atom. The molecule has 2 aliphatic rings. The number of rotatable bonds is 8. The number of ether oxygens (including phenoxy) is 1. The van der Waals surface area contributed by atoms with Crippen molar-refractivity contribution in [3.05, 3.63) is 54.3 Å². The van der Waals surface area contributed by atoms with Gasteiger partial charge in [-0.2, -0.15) is 4.98 Å². The Hall–Kier alpha value is -2.77. The van der Waals surface area contributed by atoms with Crippen LogP contribution in [0.3, 0.4) is 0 Å². The van der Waals surface area contributed by atoms with Crippen LogP contribution >= 0.6 is 0 Å². The second-order valence-corrected chi connectivity index (χ2v) is 7.78. The Kier molecular flexibility index (Phi) is 8.55. The van der Waals surface area contributed by atoms with Crippen LogP contribution in [0.15, 0.2) is 48.7 Å². The zero-order valence-corrected chi connectivity index (χ0v) is 18.6. The molecule has 0 atom stereocenters. The average molecular weight is 424 g/mol. The van der Waals surface area contributed by atoms with Crippen LogP contribution in [-0.4, -0.2) is 65.7 Å². The van der Waals surface area contributed by atoms with Crippen LogP contribution in [-0.2, 0) is 9.53 Å². The van der Waals surface area contributed by atoms with Gasteiger partial charge in [-0.25, -0.2) is 4.52 Å². The number of nitrogens with zero attached hydrogens (tertiary/aromatic N) is 4. The number of nitrogens with one attached hydrogen (secondary N) is 1. The summed E-state index contributed by atoms with van der Waals surface area (Å²) in [5.41, 5.74) is 4.02. The van der Waals surface area contributed by atoms with E-state index in [1.165, 1.54) is 5.57 Å². The zero-order chi connectivity index (χ0) is 22.1. The molecule has 1 saturated carbocycles. The molecule has 7 nitrogen and oxygen atoms in total. The fourth-order valence-electron chi connectivity index (χ4n) is 3.26. The van der Waals surface area contributed by atoms with E-state index in [2.05, 4.69) is 52.0 Å². The maximum absolute atomic E-state index is 9.57. The predicted molar refractivity (Wildman–Crippen MR) is 125 cm³/mol. The van der Waals surface area contributed by atoms with E-state index < -0.39 is 0 Å². The number of pyridine rings is 1. The van der Waals surface area contributed by atoms with Gasteiger partial charge in [-0.1, -0.05) is 31.7 Å². The van der Waals surface area contributed by atoms with Crippen LogP contribution in [0.2, 0.25) is 0 Å². The van der Waals surface area contributed by atoms with Gasteiger partial charge < -0.3 is 14.8 Å². The summed E-state index contributed by atoms with van der Waals surface area (Å²) in [6.45, 7) is 11.0. The van der Waals surface area contributed by atoms with Crippen molar-refractivity contribution in [1.82, 2.24) is 19.5 Å². The van der Waals surface area contributed by atoms with E-state index in [0.29, 0.717) is 11.9 Å². The van der Waals surface area contributed by atoms with Gasteiger partial charge in [0.05, 0.1) is 13.2 Å². The smallest absolute Gasteiger partial charge is 0.242 e. The lowest BCUT2D eigenvalue weighted by atomic mass is 10.1. The second kappa shape index (κ2) is 11.6. The summed E-state index contributed by atoms with van der Waals surface area (Å²) in [4.78, 5) is 16.5. The molecule has 0 bridgehead atoms. The quantitative estimate of drug-likeness (QED) is 0.517. The highest BCUT2D eigenvalue weighted by Gasteiger charge is 2.19. The molecule has 0 spiro atoms. The number of hydrogen-bond donors (Lipinski definition) is 1. The lowest BCUT2D eigenvalue weighted by Gasteiger charge is -2.27. The maximum atomic E-state index is 9.57. The largest absolute Gasteiger partial charge is 0.379 e. The minimum Gasteiger partial charge on any atom is -0.379 e. The molecular formula is C24H33N5O2. The number of morpholine rings is 1. The molecular weight excluding hydrogens is 390 g/mol. The van der Waals surface area contributed by atoms with Crippen LogP contribution in [0.4, 0.5) is 5.95 Å². The number of carbonyl (C=O) groups excluding carboxylic acids is 1. The van der Waals surface area contributed by atoms with Crippen LogP contribution < -0.4 is 5.32 Å². The van der Waals surface area contributed by atoms with Gasteiger partial charge in [-0.05, 0) is 42.5 Å². The fourth-order valence-corrected chi connectivity index (χ4v) is 3.26. The lowest BCUT2D eigenvalue weighted by molar-refractivity contribution is -0.108. The maximum Gasteiger partial charge on any atom is 0.242 e. The molecule has 1 N–H and O–H groups in total. The Labute approximate surface area is 184 Å². The number of hydrogen-bond acceptors (Lipinski definition) is 6. The van der Waals surface area contributed by atoms with Crippen molar-refractivity contribution in [3.63, 3.8) is 0 Å². The first-order valence-electron chi connectivity index (χ1n) is 11.0. The first-order chi connectivity index (χ1) is 15.1. The van der Waals surface area contributed by atoms with E-state index in [-0.39, 0.29) is 0 Å². The lowest BCUT2D eigenvalue weighted by Crippen LogP contribution is -2.37. The van der Waals surface area contributed by atoms with Crippen molar-refractivity contribution in [2.24, 2.45) is 5.92 Å². The van der Waals surface area contributed by atoms with Crippen LogP contribution in [0.1, 0.15) is 31.7 Å². The normalized spacial score (nSPS) is 17.4. The zero-order valence-electron chi connectivity index (χ0n) is 18.6. The third-order valence-electron chi connectivity index (χ3n) is 5.22. The summed E-state index contributed by atoms with van der Waals surface area (Å²) >= 11 is 0. The molecule has 2 aromatic rings. The summed E-state index contributed by atoms with van der Waals surface area (Å²) in [7, 11) is 1.82. The van der Waals surface area contributed by atoms with Gasteiger partial charge in [0.1, 0.15) is 6.29 Å². The number of fused-ring (bicyclic) bond motifs is 1. The van der Waals surface area contributed by atoms with Crippen LogP contribution in [0, 0.1) is 5.92 Å². The number of carbonyl (C=O) groups is 1. The molecule has 0 radical (unpaired) electrons. The highest BCUT2D eigenvalue weighted by molar-refractivity contribution is 5.81. The number of allylic oxidation sites excluding steroid dienone is 3. The summed E-state index contributed by atoms with van der Waals surface area (Å²) in [6, 6.07) is 3.99. The molecule has 0 aromatic carbocycles. The van der Waals surface area contributed by atoms with Gasteiger partial charge >= 0.3 is 0 Å². The Bertz CT molecular complexity index is 937. The Balaban J connectivity index is 0.000000478. The van der Waals surface area contributed by atoms with Gasteiger partial charge in [0.2, 0.25) is 5.95 Å². The van der Waals surface area contributed by atoms with Gasteiger partial charge in [0, 0.05) is 44.4 Å². The summed E-state index contributed by atoms with van der Waals surface area (Å²) in [5.74, 6) is 1.06. The molecule has 0 amide bonds. The molecule has 166 valence electrons. The molecule has 0 unspecified atom stereocenters. The van der Waals surface area contributed by atoms with E-state index in [0.717, 1.165) is 75.2 Å². The molecule has 4 rings (SSSR count). The summed E-state index contributed by atoms with van der Waals surface area (Å²) in [5, 5.41) is 7.36. The van der Waals surface area contributed by atoms with E-state index >= 15 is 0 Å². The van der Waals surface area contributed by atoms with E-state index in [1.54, 1.807) is 4.52 Å². The minimum absolute atomic E-state index is 0.454. The average Bonchev–Trinajstić information content (AvgIpc) is 3.55. The molecule has 1 saturated heterocycles. The highest BCUT2D eigenvalue weighted by Crippen LogP contribution is 2.25. The number of anilines is 1. The van der Waals surface area contributed by atoms with E-state index in [1.807, 2.05) is 25.4 Å².